The van der Waals surface area contributed by atoms with Crippen LogP contribution in [0.25, 0.3) is 0 Å². The number of rotatable bonds is 7. The Hall–Kier alpha value is -2.43. The van der Waals surface area contributed by atoms with Crippen molar-refractivity contribution in [3.8, 4) is 0 Å². The number of likely N-dealkylation sites (tertiary alicyclic amines) is 1. The maximum atomic E-state index is 12.4. The van der Waals surface area contributed by atoms with E-state index in [2.05, 4.69) is 12.2 Å². The van der Waals surface area contributed by atoms with Crippen molar-refractivity contribution in [3.05, 3.63) is 47.5 Å². The van der Waals surface area contributed by atoms with E-state index >= 15 is 0 Å². The highest BCUT2D eigenvalue weighted by Gasteiger charge is 2.34. The summed E-state index contributed by atoms with van der Waals surface area (Å²) in [5, 5.41) is 2.84. The number of imide groups is 1. The third-order valence-electron chi connectivity index (χ3n) is 4.04. The molecule has 5 nitrogen and oxygen atoms in total. The van der Waals surface area contributed by atoms with Crippen molar-refractivity contribution in [1.29, 1.82) is 0 Å². The molecule has 0 radical (unpaired) electrons. The third-order valence-corrected chi connectivity index (χ3v) is 4.04. The average Bonchev–Trinajstić information content (AvgIpc) is 2.83. The molecule has 24 heavy (non-hydrogen) atoms. The van der Waals surface area contributed by atoms with Gasteiger partial charge in [-0.25, -0.2) is 0 Å². The molecule has 1 aliphatic heterocycles. The van der Waals surface area contributed by atoms with Gasteiger partial charge in [0.1, 0.15) is 0 Å². The summed E-state index contributed by atoms with van der Waals surface area (Å²) < 4.78 is 0. The molecule has 1 aromatic carbocycles. The Bertz CT molecular complexity index is 637. The Morgan fingerprint density at radius 3 is 2.67 bits per heavy atom. The van der Waals surface area contributed by atoms with E-state index in [1.54, 1.807) is 13.0 Å². The number of nitrogens with one attached hydrogen (secondary N) is 1. The fraction of sp³-hybridized carbons (Fsp3) is 0.421. The molecule has 0 bridgehead atoms. The van der Waals surface area contributed by atoms with Crippen molar-refractivity contribution in [2.24, 2.45) is 5.92 Å². The van der Waals surface area contributed by atoms with Gasteiger partial charge >= 0.3 is 0 Å². The van der Waals surface area contributed by atoms with Crippen LogP contribution in [0.4, 0.5) is 0 Å². The maximum Gasteiger partial charge on any atom is 0.256 e. The van der Waals surface area contributed by atoms with Crippen LogP contribution in [0.1, 0.15) is 38.7 Å². The molecule has 1 atom stereocenters. The molecule has 0 saturated carbocycles. The second kappa shape index (κ2) is 8.43. The molecule has 0 aliphatic carbocycles. The number of carbonyl (C=O) groups is 3. The highest BCUT2D eigenvalue weighted by Crippen LogP contribution is 2.22. The van der Waals surface area contributed by atoms with E-state index in [-0.39, 0.29) is 30.7 Å². The zero-order valence-corrected chi connectivity index (χ0v) is 14.2. The molecule has 1 saturated heterocycles. The first-order valence-corrected chi connectivity index (χ1v) is 8.40. The topological polar surface area (TPSA) is 66.5 Å². The van der Waals surface area contributed by atoms with Crippen molar-refractivity contribution in [3.63, 3.8) is 0 Å². The molecule has 3 amide bonds. The molecule has 5 heteroatoms. The molecular formula is C19H24N2O3. The van der Waals surface area contributed by atoms with Crippen molar-refractivity contribution in [2.45, 2.75) is 39.7 Å². The number of unbranched alkanes of at least 4 members (excludes halogenated alkanes) is 1. The second-order valence-corrected chi connectivity index (χ2v) is 6.07. The lowest BCUT2D eigenvalue weighted by Gasteiger charge is -2.13. The molecule has 0 spiro atoms. The minimum atomic E-state index is -0.426. The Kier molecular flexibility index (Phi) is 6.29. The van der Waals surface area contributed by atoms with Crippen molar-refractivity contribution >= 4 is 17.7 Å². The standard InChI is InChI=1S/C19H24N2O3/c1-3-4-10-20-18(23)14(2)11-16-12-17(22)21(19(16)24)13-15-8-6-5-7-9-15/h5-9,11,14H,3-4,10,12-13H2,1-2H3,(H,20,23)/b16-11+. The van der Waals surface area contributed by atoms with Crippen LogP contribution >= 0.6 is 0 Å². The average molecular weight is 328 g/mol. The van der Waals surface area contributed by atoms with Crippen molar-refractivity contribution in [2.75, 3.05) is 6.54 Å². The summed E-state index contributed by atoms with van der Waals surface area (Å²) in [6, 6.07) is 9.40. The number of benzene rings is 1. The highest BCUT2D eigenvalue weighted by atomic mass is 16.2. The fourth-order valence-corrected chi connectivity index (χ4v) is 2.60. The monoisotopic (exact) mass is 328 g/mol. The lowest BCUT2D eigenvalue weighted by atomic mass is 10.1. The Morgan fingerprint density at radius 2 is 2.00 bits per heavy atom. The number of hydrogen-bond acceptors (Lipinski definition) is 3. The van der Waals surface area contributed by atoms with Gasteiger partial charge in [-0.3, -0.25) is 19.3 Å². The molecule has 1 N–H and O–H groups in total. The van der Waals surface area contributed by atoms with E-state index in [4.69, 9.17) is 0 Å². The Labute approximate surface area is 142 Å². The fourth-order valence-electron chi connectivity index (χ4n) is 2.60. The first-order valence-electron chi connectivity index (χ1n) is 8.40. The van der Waals surface area contributed by atoms with E-state index in [0.29, 0.717) is 12.1 Å². The largest absolute Gasteiger partial charge is 0.356 e. The lowest BCUT2D eigenvalue weighted by Crippen LogP contribution is -2.30. The number of amides is 3. The van der Waals surface area contributed by atoms with Gasteiger partial charge in [-0.2, -0.15) is 0 Å². The van der Waals surface area contributed by atoms with Crippen LogP contribution in [0.15, 0.2) is 42.0 Å². The Morgan fingerprint density at radius 1 is 1.29 bits per heavy atom. The molecule has 1 fully saturated rings. The summed E-state index contributed by atoms with van der Waals surface area (Å²) in [6.45, 7) is 4.70. The van der Waals surface area contributed by atoms with Crippen LogP contribution in [0.5, 0.6) is 0 Å². The Balaban J connectivity index is 2.00. The summed E-state index contributed by atoms with van der Waals surface area (Å²) in [6.07, 6.45) is 3.62. The molecule has 0 aromatic heterocycles. The van der Waals surface area contributed by atoms with Crippen LogP contribution in [-0.4, -0.2) is 29.2 Å². The van der Waals surface area contributed by atoms with Gasteiger partial charge < -0.3 is 5.32 Å². The second-order valence-electron chi connectivity index (χ2n) is 6.07. The van der Waals surface area contributed by atoms with Crippen LogP contribution < -0.4 is 5.32 Å². The third kappa shape index (κ3) is 4.54. The van der Waals surface area contributed by atoms with Gasteiger partial charge in [0.15, 0.2) is 0 Å². The molecule has 1 unspecified atom stereocenters. The van der Waals surface area contributed by atoms with Crippen LogP contribution in [0.3, 0.4) is 0 Å². The maximum absolute atomic E-state index is 12.4. The zero-order valence-electron chi connectivity index (χ0n) is 14.2. The van der Waals surface area contributed by atoms with Gasteiger partial charge in [0.25, 0.3) is 5.91 Å². The van der Waals surface area contributed by atoms with Crippen molar-refractivity contribution in [1.82, 2.24) is 10.2 Å². The van der Waals surface area contributed by atoms with Gasteiger partial charge in [0.05, 0.1) is 18.9 Å². The number of hydrogen-bond donors (Lipinski definition) is 1. The van der Waals surface area contributed by atoms with Crippen LogP contribution in [-0.2, 0) is 20.9 Å². The molecule has 1 aliphatic rings. The normalized spacial score (nSPS) is 17.4. The first kappa shape index (κ1) is 17.9. The van der Waals surface area contributed by atoms with E-state index in [1.165, 1.54) is 4.90 Å². The number of nitrogens with zero attached hydrogens (tertiary/aromatic N) is 1. The quantitative estimate of drug-likeness (QED) is 0.475. The van der Waals surface area contributed by atoms with E-state index in [1.807, 2.05) is 30.3 Å². The molecular weight excluding hydrogens is 304 g/mol. The van der Waals surface area contributed by atoms with E-state index < -0.39 is 5.92 Å². The van der Waals surface area contributed by atoms with Gasteiger partial charge in [0, 0.05) is 12.1 Å². The molecule has 1 aromatic rings. The molecule has 128 valence electrons. The lowest BCUT2D eigenvalue weighted by molar-refractivity contribution is -0.138. The summed E-state index contributed by atoms with van der Waals surface area (Å²) >= 11 is 0. The molecule has 1 heterocycles. The van der Waals surface area contributed by atoms with Gasteiger partial charge in [-0.1, -0.05) is 56.7 Å². The van der Waals surface area contributed by atoms with Gasteiger partial charge in [-0.05, 0) is 12.0 Å². The minimum Gasteiger partial charge on any atom is -0.356 e. The molecule has 2 rings (SSSR count). The summed E-state index contributed by atoms with van der Waals surface area (Å²) in [5.41, 5.74) is 1.32. The highest BCUT2D eigenvalue weighted by molar-refractivity contribution is 6.13. The summed E-state index contributed by atoms with van der Waals surface area (Å²) in [4.78, 5) is 37.8. The first-order chi connectivity index (χ1) is 11.5. The van der Waals surface area contributed by atoms with Crippen LogP contribution in [0.2, 0.25) is 0 Å². The SMILES string of the molecule is CCCCNC(=O)C(C)/C=C1\CC(=O)N(Cc2ccccc2)C1=O. The number of carbonyl (C=O) groups excluding carboxylic acids is 3. The van der Waals surface area contributed by atoms with Crippen molar-refractivity contribution < 1.29 is 14.4 Å². The summed E-state index contributed by atoms with van der Waals surface area (Å²) in [5.74, 6) is -1.05. The minimum absolute atomic E-state index is 0.0677. The summed E-state index contributed by atoms with van der Waals surface area (Å²) in [7, 11) is 0. The predicted octanol–water partition coefficient (Wildman–Crippen LogP) is 2.42. The van der Waals surface area contributed by atoms with Gasteiger partial charge in [-0.15, -0.1) is 0 Å². The van der Waals surface area contributed by atoms with E-state index in [0.717, 1.165) is 18.4 Å². The van der Waals surface area contributed by atoms with E-state index in [9.17, 15) is 14.4 Å². The smallest absolute Gasteiger partial charge is 0.256 e. The van der Waals surface area contributed by atoms with Crippen LogP contribution in [0, 0.1) is 5.92 Å². The van der Waals surface area contributed by atoms with Gasteiger partial charge in [0.2, 0.25) is 11.8 Å². The zero-order chi connectivity index (χ0) is 17.5. The predicted molar refractivity (Wildman–Crippen MR) is 91.8 cm³/mol.